The Kier molecular flexibility index (Phi) is 6.91. The fourth-order valence-corrected chi connectivity index (χ4v) is 3.18. The summed E-state index contributed by atoms with van der Waals surface area (Å²) in [6, 6.07) is 8.21. The molecular formula is C19H30N2O. The van der Waals surface area contributed by atoms with E-state index in [1.165, 1.54) is 18.5 Å². The average Bonchev–Trinajstić information content (AvgIpc) is 3.06. The lowest BCUT2D eigenvalue weighted by Crippen LogP contribution is -2.25. The Labute approximate surface area is 135 Å². The zero-order valence-electron chi connectivity index (χ0n) is 14.2. The van der Waals surface area contributed by atoms with Crippen LogP contribution in [0.2, 0.25) is 0 Å². The Bertz CT molecular complexity index is 443. The van der Waals surface area contributed by atoms with Gasteiger partial charge >= 0.3 is 0 Å². The Balaban J connectivity index is 1.90. The van der Waals surface area contributed by atoms with Gasteiger partial charge < -0.3 is 9.80 Å². The van der Waals surface area contributed by atoms with Crippen molar-refractivity contribution in [1.82, 2.24) is 4.90 Å². The van der Waals surface area contributed by atoms with Gasteiger partial charge in [-0.25, -0.2) is 0 Å². The van der Waals surface area contributed by atoms with Crippen molar-refractivity contribution in [1.29, 1.82) is 0 Å². The van der Waals surface area contributed by atoms with E-state index >= 15 is 0 Å². The lowest BCUT2D eigenvalue weighted by molar-refractivity contribution is 0.0969. The molecule has 0 aromatic heterocycles. The molecule has 0 amide bonds. The minimum Gasteiger partial charge on any atom is -0.372 e. The molecule has 0 radical (unpaired) electrons. The molecule has 3 heteroatoms. The smallest absolute Gasteiger partial charge is 0.164 e. The minimum atomic E-state index is 0.274. The summed E-state index contributed by atoms with van der Waals surface area (Å²) in [5.41, 5.74) is 2.09. The molecule has 1 aromatic rings. The maximum Gasteiger partial charge on any atom is 0.164 e. The second kappa shape index (κ2) is 8.94. The number of nitrogens with zero attached hydrogens (tertiary/aromatic N) is 2. The van der Waals surface area contributed by atoms with Crippen LogP contribution in [0, 0.1) is 0 Å². The molecule has 122 valence electrons. The fraction of sp³-hybridized carbons (Fsp3) is 0.632. The number of likely N-dealkylation sites (tertiary alicyclic amines) is 1. The van der Waals surface area contributed by atoms with Gasteiger partial charge in [0.2, 0.25) is 0 Å². The van der Waals surface area contributed by atoms with Gasteiger partial charge in [0.05, 0.1) is 0 Å². The van der Waals surface area contributed by atoms with Gasteiger partial charge in [-0.15, -0.1) is 0 Å². The molecule has 2 rings (SSSR count). The molecule has 1 aromatic carbocycles. The van der Waals surface area contributed by atoms with Gasteiger partial charge in [0.15, 0.2) is 5.78 Å². The molecule has 0 bridgehead atoms. The van der Waals surface area contributed by atoms with E-state index in [2.05, 4.69) is 35.8 Å². The maximum atomic E-state index is 12.3. The highest BCUT2D eigenvalue weighted by molar-refractivity contribution is 5.96. The topological polar surface area (TPSA) is 23.6 Å². The number of rotatable bonds is 9. The van der Waals surface area contributed by atoms with Gasteiger partial charge in [-0.2, -0.15) is 0 Å². The zero-order chi connectivity index (χ0) is 15.8. The van der Waals surface area contributed by atoms with Crippen molar-refractivity contribution in [3.05, 3.63) is 29.8 Å². The molecule has 1 fully saturated rings. The standard InChI is InChI=1S/C19H30N2O/c1-3-12-21(13-4-2)18-9-7-17(8-10-18)19(22)11-16-20-14-5-6-15-20/h7-10H,3-6,11-16H2,1-2H3. The van der Waals surface area contributed by atoms with Crippen molar-refractivity contribution in [3.8, 4) is 0 Å². The minimum absolute atomic E-state index is 0.274. The first-order chi connectivity index (χ1) is 10.7. The summed E-state index contributed by atoms with van der Waals surface area (Å²) < 4.78 is 0. The van der Waals surface area contributed by atoms with Crippen molar-refractivity contribution in [2.75, 3.05) is 37.6 Å². The molecule has 1 aliphatic heterocycles. The first kappa shape index (κ1) is 17.0. The van der Waals surface area contributed by atoms with Crippen LogP contribution in [0.4, 0.5) is 5.69 Å². The van der Waals surface area contributed by atoms with Crippen molar-refractivity contribution in [2.45, 2.75) is 46.0 Å². The van der Waals surface area contributed by atoms with Crippen LogP contribution in [0.1, 0.15) is 56.3 Å². The van der Waals surface area contributed by atoms with Gasteiger partial charge in [0, 0.05) is 37.3 Å². The summed E-state index contributed by atoms with van der Waals surface area (Å²) >= 11 is 0. The van der Waals surface area contributed by atoms with Crippen LogP contribution in [0.15, 0.2) is 24.3 Å². The van der Waals surface area contributed by atoms with E-state index in [0.717, 1.165) is 51.1 Å². The lowest BCUT2D eigenvalue weighted by atomic mass is 10.1. The Morgan fingerprint density at radius 2 is 1.64 bits per heavy atom. The molecule has 22 heavy (non-hydrogen) atoms. The van der Waals surface area contributed by atoms with Crippen molar-refractivity contribution >= 4 is 11.5 Å². The lowest BCUT2D eigenvalue weighted by Gasteiger charge is -2.24. The number of hydrogen-bond acceptors (Lipinski definition) is 3. The second-order valence-corrected chi connectivity index (χ2v) is 6.26. The summed E-state index contributed by atoms with van der Waals surface area (Å²) in [6.07, 6.45) is 5.52. The van der Waals surface area contributed by atoms with E-state index in [4.69, 9.17) is 0 Å². The van der Waals surface area contributed by atoms with Crippen molar-refractivity contribution < 1.29 is 4.79 Å². The van der Waals surface area contributed by atoms with Gasteiger partial charge in [-0.05, 0) is 63.0 Å². The highest BCUT2D eigenvalue weighted by Crippen LogP contribution is 2.17. The largest absolute Gasteiger partial charge is 0.372 e. The summed E-state index contributed by atoms with van der Waals surface area (Å²) in [5.74, 6) is 0.274. The van der Waals surface area contributed by atoms with E-state index in [9.17, 15) is 4.79 Å². The molecule has 0 aliphatic carbocycles. The van der Waals surface area contributed by atoms with Crippen LogP contribution in [0.25, 0.3) is 0 Å². The van der Waals surface area contributed by atoms with E-state index < -0.39 is 0 Å². The summed E-state index contributed by atoms with van der Waals surface area (Å²) in [7, 11) is 0. The predicted molar refractivity (Wildman–Crippen MR) is 93.9 cm³/mol. The number of ketones is 1. The van der Waals surface area contributed by atoms with E-state index in [0.29, 0.717) is 6.42 Å². The molecule has 0 saturated carbocycles. The van der Waals surface area contributed by atoms with E-state index in [-0.39, 0.29) is 5.78 Å². The van der Waals surface area contributed by atoms with Crippen LogP contribution in [0.3, 0.4) is 0 Å². The number of anilines is 1. The third-order valence-electron chi connectivity index (χ3n) is 4.40. The molecule has 3 nitrogen and oxygen atoms in total. The first-order valence-electron chi connectivity index (χ1n) is 8.85. The fourth-order valence-electron chi connectivity index (χ4n) is 3.18. The molecule has 0 N–H and O–H groups in total. The maximum absolute atomic E-state index is 12.3. The highest BCUT2D eigenvalue weighted by atomic mass is 16.1. The summed E-state index contributed by atoms with van der Waals surface area (Å²) in [4.78, 5) is 17.1. The van der Waals surface area contributed by atoms with Gasteiger partial charge in [-0.3, -0.25) is 4.79 Å². The summed E-state index contributed by atoms with van der Waals surface area (Å²) in [5, 5.41) is 0. The van der Waals surface area contributed by atoms with Crippen LogP contribution in [0.5, 0.6) is 0 Å². The van der Waals surface area contributed by atoms with Gasteiger partial charge in [0.25, 0.3) is 0 Å². The molecule has 0 unspecified atom stereocenters. The normalized spacial score (nSPS) is 15.2. The van der Waals surface area contributed by atoms with Gasteiger partial charge in [0.1, 0.15) is 0 Å². The third-order valence-corrected chi connectivity index (χ3v) is 4.40. The molecule has 1 heterocycles. The number of hydrogen-bond donors (Lipinski definition) is 0. The van der Waals surface area contributed by atoms with Crippen LogP contribution < -0.4 is 4.90 Å². The molecular weight excluding hydrogens is 272 g/mol. The number of carbonyl (C=O) groups excluding carboxylic acids is 1. The van der Waals surface area contributed by atoms with E-state index in [1.54, 1.807) is 0 Å². The number of carbonyl (C=O) groups is 1. The monoisotopic (exact) mass is 302 g/mol. The SMILES string of the molecule is CCCN(CCC)c1ccc(C(=O)CCN2CCCC2)cc1. The van der Waals surface area contributed by atoms with Crippen molar-refractivity contribution in [3.63, 3.8) is 0 Å². The zero-order valence-corrected chi connectivity index (χ0v) is 14.2. The number of benzene rings is 1. The Morgan fingerprint density at radius 3 is 2.18 bits per heavy atom. The Hall–Kier alpha value is -1.35. The Morgan fingerprint density at radius 1 is 1.05 bits per heavy atom. The van der Waals surface area contributed by atoms with E-state index in [1.807, 2.05) is 12.1 Å². The molecule has 1 aliphatic rings. The average molecular weight is 302 g/mol. The third kappa shape index (κ3) is 4.84. The quantitative estimate of drug-likeness (QED) is 0.645. The second-order valence-electron chi connectivity index (χ2n) is 6.26. The highest BCUT2D eigenvalue weighted by Gasteiger charge is 2.14. The van der Waals surface area contributed by atoms with Crippen LogP contribution in [-0.2, 0) is 0 Å². The van der Waals surface area contributed by atoms with Crippen molar-refractivity contribution in [2.24, 2.45) is 0 Å². The molecule has 0 atom stereocenters. The predicted octanol–water partition coefficient (Wildman–Crippen LogP) is 3.98. The van der Waals surface area contributed by atoms with Crippen LogP contribution in [-0.4, -0.2) is 43.4 Å². The molecule has 0 spiro atoms. The summed E-state index contributed by atoms with van der Waals surface area (Å²) in [6.45, 7) is 9.81. The first-order valence-corrected chi connectivity index (χ1v) is 8.85. The number of Topliss-reactive ketones (excluding diaryl/α,β-unsaturated/α-hetero) is 1. The van der Waals surface area contributed by atoms with Crippen LogP contribution >= 0.6 is 0 Å². The van der Waals surface area contributed by atoms with Gasteiger partial charge in [-0.1, -0.05) is 13.8 Å². The molecule has 1 saturated heterocycles.